The summed E-state index contributed by atoms with van der Waals surface area (Å²) in [4.78, 5) is 0. The van der Waals surface area contributed by atoms with Gasteiger partial charge in [-0.05, 0) is 24.3 Å². The smallest absolute Gasteiger partial charge is 0.0540 e. The van der Waals surface area contributed by atoms with Crippen LogP contribution in [0.2, 0.25) is 0 Å². The Morgan fingerprint density at radius 2 is 1.83 bits per heavy atom. The van der Waals surface area contributed by atoms with Crippen LogP contribution < -0.4 is 0 Å². The van der Waals surface area contributed by atoms with Crippen molar-refractivity contribution in [3.63, 3.8) is 0 Å². The molecule has 0 saturated carbocycles. The topological polar surface area (TPSA) is 20.2 Å². The number of rotatable bonds is 1. The molecule has 1 aromatic heterocycles. The number of aliphatic hydroxyl groups is 1. The molecule has 0 atom stereocenters. The molecule has 3 aromatic rings. The van der Waals surface area contributed by atoms with Gasteiger partial charge in [-0.2, -0.15) is 0 Å². The fraction of sp³-hybridized carbons (Fsp3) is 0.125. The van der Waals surface area contributed by atoms with E-state index in [2.05, 4.69) is 48.2 Å². The molecule has 0 spiro atoms. The summed E-state index contributed by atoms with van der Waals surface area (Å²) in [5.74, 6) is 6.05. The summed E-state index contributed by atoms with van der Waals surface area (Å²) in [7, 11) is 0. The zero-order valence-corrected chi connectivity index (χ0v) is 10.6. The first kappa shape index (κ1) is 11.3. The van der Waals surface area contributed by atoms with Gasteiger partial charge in [0.05, 0.1) is 6.61 Å². The van der Waals surface area contributed by atoms with E-state index < -0.39 is 0 Å². The lowest BCUT2D eigenvalue weighted by atomic mass is 10.1. The Kier molecular flexibility index (Phi) is 3.02. The van der Waals surface area contributed by atoms with E-state index in [1.165, 1.54) is 20.2 Å². The molecule has 0 saturated heterocycles. The standard InChI is InChI=1S/C16H12OS/c17-10-4-3-5-12-8-9-16-14(11-12)13-6-1-2-7-15(13)18-16/h1-2,6-9,11,17H,4,10H2. The van der Waals surface area contributed by atoms with E-state index in [9.17, 15) is 0 Å². The van der Waals surface area contributed by atoms with Crippen LogP contribution in [-0.4, -0.2) is 11.7 Å². The van der Waals surface area contributed by atoms with E-state index in [-0.39, 0.29) is 6.61 Å². The van der Waals surface area contributed by atoms with Gasteiger partial charge >= 0.3 is 0 Å². The zero-order chi connectivity index (χ0) is 12.4. The second-order valence-electron chi connectivity index (χ2n) is 4.08. The predicted octanol–water partition coefficient (Wildman–Crippen LogP) is 3.79. The first-order chi connectivity index (χ1) is 8.88. The fourth-order valence-electron chi connectivity index (χ4n) is 2.02. The summed E-state index contributed by atoms with van der Waals surface area (Å²) in [5.41, 5.74) is 1.01. The van der Waals surface area contributed by atoms with E-state index in [4.69, 9.17) is 5.11 Å². The summed E-state index contributed by atoms with van der Waals surface area (Å²) in [6.07, 6.45) is 0.530. The molecule has 0 unspecified atom stereocenters. The maximum absolute atomic E-state index is 8.72. The number of hydrogen-bond donors (Lipinski definition) is 1. The predicted molar refractivity (Wildman–Crippen MR) is 77.9 cm³/mol. The van der Waals surface area contributed by atoms with Gasteiger partial charge in [0.15, 0.2) is 0 Å². The van der Waals surface area contributed by atoms with Gasteiger partial charge in [-0.25, -0.2) is 0 Å². The van der Waals surface area contributed by atoms with Crippen LogP contribution in [0.25, 0.3) is 20.2 Å². The third kappa shape index (κ3) is 1.99. The summed E-state index contributed by atoms with van der Waals surface area (Å²) < 4.78 is 2.61. The molecule has 18 heavy (non-hydrogen) atoms. The lowest BCUT2D eigenvalue weighted by Crippen LogP contribution is -1.77. The van der Waals surface area contributed by atoms with Crippen LogP contribution >= 0.6 is 11.3 Å². The van der Waals surface area contributed by atoms with Crippen molar-refractivity contribution in [1.29, 1.82) is 0 Å². The van der Waals surface area contributed by atoms with Crippen molar-refractivity contribution in [2.45, 2.75) is 6.42 Å². The molecule has 0 bridgehead atoms. The summed E-state index contributed by atoms with van der Waals surface area (Å²) in [5, 5.41) is 11.3. The molecule has 0 aliphatic heterocycles. The van der Waals surface area contributed by atoms with Crippen LogP contribution in [0.5, 0.6) is 0 Å². The number of hydrogen-bond acceptors (Lipinski definition) is 2. The van der Waals surface area contributed by atoms with Crippen LogP contribution in [0, 0.1) is 11.8 Å². The minimum atomic E-state index is 0.122. The molecule has 0 radical (unpaired) electrons. The third-order valence-corrected chi connectivity index (χ3v) is 4.00. The Hall–Kier alpha value is -1.82. The summed E-state index contributed by atoms with van der Waals surface area (Å²) in [6, 6.07) is 14.7. The second kappa shape index (κ2) is 4.81. The number of aliphatic hydroxyl groups excluding tert-OH is 1. The number of thiophene rings is 1. The van der Waals surface area contributed by atoms with Gasteiger partial charge in [0.25, 0.3) is 0 Å². The molecule has 1 N–H and O–H groups in total. The molecule has 2 aromatic carbocycles. The van der Waals surface area contributed by atoms with E-state index in [0.29, 0.717) is 6.42 Å². The van der Waals surface area contributed by atoms with Crippen LogP contribution in [-0.2, 0) is 0 Å². The highest BCUT2D eigenvalue weighted by molar-refractivity contribution is 7.25. The number of benzene rings is 2. The van der Waals surface area contributed by atoms with Crippen molar-refractivity contribution < 1.29 is 5.11 Å². The lowest BCUT2D eigenvalue weighted by molar-refractivity contribution is 0.305. The molecule has 1 heterocycles. The molecule has 3 rings (SSSR count). The minimum Gasteiger partial charge on any atom is -0.395 e. The summed E-state index contributed by atoms with van der Waals surface area (Å²) in [6.45, 7) is 0.122. The van der Waals surface area contributed by atoms with Gasteiger partial charge in [0.2, 0.25) is 0 Å². The Morgan fingerprint density at radius 1 is 1.00 bits per heavy atom. The second-order valence-corrected chi connectivity index (χ2v) is 5.17. The van der Waals surface area contributed by atoms with Crippen LogP contribution in [0.15, 0.2) is 42.5 Å². The van der Waals surface area contributed by atoms with Gasteiger partial charge in [0.1, 0.15) is 0 Å². The molecular formula is C16H12OS. The highest BCUT2D eigenvalue weighted by Crippen LogP contribution is 2.33. The fourth-order valence-corrected chi connectivity index (χ4v) is 3.11. The largest absolute Gasteiger partial charge is 0.395 e. The highest BCUT2D eigenvalue weighted by Gasteiger charge is 2.03. The van der Waals surface area contributed by atoms with Crippen LogP contribution in [0.1, 0.15) is 12.0 Å². The monoisotopic (exact) mass is 252 g/mol. The molecule has 1 nitrogen and oxygen atoms in total. The summed E-state index contributed by atoms with van der Waals surface area (Å²) >= 11 is 1.81. The van der Waals surface area contributed by atoms with Crippen LogP contribution in [0.3, 0.4) is 0 Å². The molecular weight excluding hydrogens is 240 g/mol. The van der Waals surface area contributed by atoms with Gasteiger partial charge < -0.3 is 5.11 Å². The van der Waals surface area contributed by atoms with Crippen molar-refractivity contribution in [1.82, 2.24) is 0 Å². The normalized spacial score (nSPS) is 10.5. The average molecular weight is 252 g/mol. The van der Waals surface area contributed by atoms with E-state index in [1.54, 1.807) is 0 Å². The van der Waals surface area contributed by atoms with Gasteiger partial charge in [-0.3, -0.25) is 0 Å². The van der Waals surface area contributed by atoms with E-state index in [1.807, 2.05) is 17.4 Å². The first-order valence-electron chi connectivity index (χ1n) is 5.89. The maximum atomic E-state index is 8.72. The van der Waals surface area contributed by atoms with Crippen LogP contribution in [0.4, 0.5) is 0 Å². The van der Waals surface area contributed by atoms with Crippen molar-refractivity contribution in [3.8, 4) is 11.8 Å². The molecule has 0 amide bonds. The third-order valence-electron chi connectivity index (χ3n) is 2.85. The molecule has 0 aliphatic carbocycles. The SMILES string of the molecule is OCCC#Cc1ccc2sc3ccccc3c2c1. The lowest BCUT2D eigenvalue weighted by Gasteiger charge is -1.93. The Labute approximate surface area is 110 Å². The molecule has 88 valence electrons. The average Bonchev–Trinajstić information content (AvgIpc) is 2.77. The van der Waals surface area contributed by atoms with Crippen molar-refractivity contribution in [2.75, 3.05) is 6.61 Å². The molecule has 0 aliphatic rings. The first-order valence-corrected chi connectivity index (χ1v) is 6.71. The van der Waals surface area contributed by atoms with Crippen molar-refractivity contribution in [2.24, 2.45) is 0 Å². The van der Waals surface area contributed by atoms with E-state index >= 15 is 0 Å². The highest BCUT2D eigenvalue weighted by atomic mass is 32.1. The maximum Gasteiger partial charge on any atom is 0.0540 e. The number of fused-ring (bicyclic) bond motifs is 3. The zero-order valence-electron chi connectivity index (χ0n) is 9.81. The Bertz CT molecular complexity index is 759. The quantitative estimate of drug-likeness (QED) is 0.653. The Morgan fingerprint density at radius 3 is 2.72 bits per heavy atom. The van der Waals surface area contributed by atoms with Gasteiger partial charge in [-0.15, -0.1) is 11.3 Å². The molecule has 0 fully saturated rings. The van der Waals surface area contributed by atoms with Gasteiger partial charge in [-0.1, -0.05) is 30.0 Å². The van der Waals surface area contributed by atoms with E-state index in [0.717, 1.165) is 5.56 Å². The van der Waals surface area contributed by atoms with Crippen molar-refractivity contribution in [3.05, 3.63) is 48.0 Å². The minimum absolute atomic E-state index is 0.122. The Balaban J connectivity index is 2.16. The molecule has 2 heteroatoms. The van der Waals surface area contributed by atoms with Gasteiger partial charge in [0, 0.05) is 32.2 Å². The van der Waals surface area contributed by atoms with Crippen molar-refractivity contribution >= 4 is 31.5 Å².